The minimum atomic E-state index is -3.00. The number of esters is 1. The van der Waals surface area contributed by atoms with E-state index in [0.29, 0.717) is 29.3 Å². The lowest BCUT2D eigenvalue weighted by molar-refractivity contribution is -0.146. The quantitative estimate of drug-likeness (QED) is 0.362. The van der Waals surface area contributed by atoms with Gasteiger partial charge in [-0.3, -0.25) is 19.2 Å². The molecule has 9 heteroatoms. The topological polar surface area (TPSA) is 98.6 Å². The molecule has 0 spiro atoms. The number of rotatable bonds is 7. The van der Waals surface area contributed by atoms with E-state index in [0.717, 1.165) is 11.4 Å². The van der Waals surface area contributed by atoms with E-state index in [1.54, 1.807) is 13.8 Å². The Kier molecular flexibility index (Phi) is 7.54. The summed E-state index contributed by atoms with van der Waals surface area (Å²) in [6.45, 7) is 1.09. The molecule has 0 rings (SSSR count). The summed E-state index contributed by atoms with van der Waals surface area (Å²) in [5, 5.41) is 0. The second-order valence-electron chi connectivity index (χ2n) is 3.19. The van der Waals surface area contributed by atoms with Gasteiger partial charge in [0.15, 0.2) is 0 Å². The normalized spacial score (nSPS) is 17.1. The number of carbonyl (C=O) groups is 1. The molecule has 2 atom stereocenters. The number of hydrogen-bond donors (Lipinski definition) is 2. The summed E-state index contributed by atoms with van der Waals surface area (Å²) in [6.07, 6.45) is 0. The predicted octanol–water partition coefficient (Wildman–Crippen LogP) is -0.721. The Morgan fingerprint density at radius 3 is 2.69 bits per heavy atom. The second-order valence-corrected chi connectivity index (χ2v) is 9.67. The highest BCUT2D eigenvalue weighted by Crippen LogP contribution is 2.53. The van der Waals surface area contributed by atoms with Gasteiger partial charge in [-0.05, 0) is 13.8 Å². The number of carbonyl (C=O) groups excluding carboxylic acids is 1. The van der Waals surface area contributed by atoms with E-state index in [9.17, 15) is 9.36 Å². The maximum Gasteiger partial charge on any atom is 0.322 e. The first-order valence-electron chi connectivity index (χ1n) is 5.00. The molecule has 0 saturated heterocycles. The highest BCUT2D eigenvalue weighted by molar-refractivity contribution is 8.56. The summed E-state index contributed by atoms with van der Waals surface area (Å²) in [5.74, 6) is 0.124. The number of nitrogens with two attached hydrogens (primary N) is 2. The van der Waals surface area contributed by atoms with Crippen LogP contribution in [0.25, 0.3) is 0 Å². The van der Waals surface area contributed by atoms with E-state index >= 15 is 0 Å². The van der Waals surface area contributed by atoms with E-state index in [-0.39, 0.29) is 0 Å². The second kappa shape index (κ2) is 7.47. The number of nitrogens with zero attached hydrogens (tertiary/aromatic N) is 1. The molecule has 0 aliphatic heterocycles. The lowest BCUT2D eigenvalue weighted by atomic mass is 10.4. The Morgan fingerprint density at radius 2 is 2.25 bits per heavy atom. The largest absolute Gasteiger partial charge is 0.465 e. The molecular weight excluding hydrogens is 265 g/mol. The van der Waals surface area contributed by atoms with Crippen molar-refractivity contribution in [2.24, 2.45) is 11.2 Å². The molecule has 6 nitrogen and oxygen atoms in total. The Hall–Kier alpha value is 0.147. The molecule has 0 bridgehead atoms. The van der Waals surface area contributed by atoms with Gasteiger partial charge in [0.05, 0.1) is 17.0 Å². The van der Waals surface area contributed by atoms with Crippen LogP contribution in [0.4, 0.5) is 0 Å². The van der Waals surface area contributed by atoms with Gasteiger partial charge < -0.3 is 10.5 Å². The van der Waals surface area contributed by atoms with Crippen LogP contribution in [0, 0.1) is 0 Å². The van der Waals surface area contributed by atoms with Gasteiger partial charge in [-0.15, -0.1) is 0 Å². The van der Waals surface area contributed by atoms with Crippen LogP contribution in [0.2, 0.25) is 0 Å². The highest BCUT2D eigenvalue weighted by atomic mass is 32.7. The summed E-state index contributed by atoms with van der Waals surface area (Å²) < 4.78 is 18.4. The van der Waals surface area contributed by atoms with Gasteiger partial charge >= 0.3 is 5.97 Å². The Balaban J connectivity index is 4.46. The predicted molar refractivity (Wildman–Crippen MR) is 71.2 cm³/mol. The molecule has 0 radical (unpaired) electrons. The monoisotopic (exact) mass is 285 g/mol. The maximum atomic E-state index is 12.1. The standard InChI is InChI=1S/C7H20N3O3PSSi/c1-3-13-7(11)6(2)10(16)14(9,12)15-5-4-8/h6H,3-5,8H2,1-2,16H3,(H2,9,12)/t6-,14?/m0/s1. The van der Waals surface area contributed by atoms with Crippen LogP contribution in [0.15, 0.2) is 0 Å². The van der Waals surface area contributed by atoms with E-state index < -0.39 is 18.7 Å². The van der Waals surface area contributed by atoms with Crippen LogP contribution in [-0.4, -0.2) is 45.7 Å². The first kappa shape index (κ1) is 16.1. The summed E-state index contributed by atoms with van der Waals surface area (Å²) in [6, 6.07) is -0.562. The first-order chi connectivity index (χ1) is 7.36. The third kappa shape index (κ3) is 4.99. The summed E-state index contributed by atoms with van der Waals surface area (Å²) in [5.41, 5.74) is 11.0. The van der Waals surface area contributed by atoms with Crippen LogP contribution in [0.3, 0.4) is 0 Å². The van der Waals surface area contributed by atoms with Crippen LogP contribution in [0.1, 0.15) is 13.8 Å². The fraction of sp³-hybridized carbons (Fsp3) is 0.857. The zero-order chi connectivity index (χ0) is 12.8. The van der Waals surface area contributed by atoms with Crippen molar-refractivity contribution < 1.29 is 14.1 Å². The van der Waals surface area contributed by atoms with Crippen molar-refractivity contribution in [3.63, 3.8) is 0 Å². The Bertz CT molecular complexity index is 282. The zero-order valence-corrected chi connectivity index (χ0v) is 13.6. The molecule has 1 unspecified atom stereocenters. The van der Waals surface area contributed by atoms with Gasteiger partial charge in [0.1, 0.15) is 6.04 Å². The fourth-order valence-electron chi connectivity index (χ4n) is 0.931. The molecule has 16 heavy (non-hydrogen) atoms. The van der Waals surface area contributed by atoms with E-state index in [1.165, 1.54) is 4.34 Å². The maximum absolute atomic E-state index is 12.1. The van der Waals surface area contributed by atoms with Crippen LogP contribution in [0.5, 0.6) is 0 Å². The van der Waals surface area contributed by atoms with Crippen LogP contribution >= 0.6 is 18.0 Å². The molecule has 0 aromatic carbocycles. The molecule has 0 aliphatic carbocycles. The molecule has 0 aliphatic rings. The smallest absolute Gasteiger partial charge is 0.322 e. The molecule has 0 aromatic heterocycles. The van der Waals surface area contributed by atoms with E-state index in [4.69, 9.17) is 16.0 Å². The molecule has 0 saturated carbocycles. The van der Waals surface area contributed by atoms with Gasteiger partial charge in [-0.25, -0.2) is 0 Å². The average Bonchev–Trinajstić information content (AvgIpc) is 2.24. The van der Waals surface area contributed by atoms with Crippen molar-refractivity contribution in [3.8, 4) is 0 Å². The minimum Gasteiger partial charge on any atom is -0.465 e. The third-order valence-corrected chi connectivity index (χ3v) is 9.89. The van der Waals surface area contributed by atoms with Gasteiger partial charge in [-0.2, -0.15) is 0 Å². The minimum absolute atomic E-state index is 0.309. The van der Waals surface area contributed by atoms with Crippen molar-refractivity contribution in [1.82, 2.24) is 4.34 Å². The summed E-state index contributed by atoms with van der Waals surface area (Å²) in [4.78, 5) is 11.5. The van der Waals surface area contributed by atoms with E-state index in [2.05, 4.69) is 0 Å². The Morgan fingerprint density at radius 1 is 1.69 bits per heavy atom. The number of hydrogen-bond acceptors (Lipinski definition) is 5. The lowest BCUT2D eigenvalue weighted by Crippen LogP contribution is -2.37. The number of ether oxygens (including phenoxy) is 1. The van der Waals surface area contributed by atoms with Gasteiger partial charge in [0.25, 0.3) is 6.65 Å². The first-order valence-corrected chi connectivity index (χ1v) is 9.21. The SMILES string of the molecule is CCOC(=O)[C@H](C)N([SiH3])P(N)(=O)SCCN. The third-order valence-electron chi connectivity index (χ3n) is 2.02. The molecule has 0 aromatic rings. The van der Waals surface area contributed by atoms with Gasteiger partial charge in [0, 0.05) is 12.3 Å². The molecule has 96 valence electrons. The van der Waals surface area contributed by atoms with Crippen molar-refractivity contribution in [3.05, 3.63) is 0 Å². The van der Waals surface area contributed by atoms with Crippen molar-refractivity contribution in [1.29, 1.82) is 0 Å². The molecular formula is C7H20N3O3PSSi. The van der Waals surface area contributed by atoms with Gasteiger partial charge in [0.2, 0.25) is 0 Å². The lowest BCUT2D eigenvalue weighted by Gasteiger charge is -2.28. The van der Waals surface area contributed by atoms with Gasteiger partial charge in [-0.1, -0.05) is 11.4 Å². The van der Waals surface area contributed by atoms with Crippen molar-refractivity contribution in [2.45, 2.75) is 19.9 Å². The molecule has 4 N–H and O–H groups in total. The average molecular weight is 285 g/mol. The van der Waals surface area contributed by atoms with Crippen LogP contribution < -0.4 is 11.2 Å². The Labute approximate surface area is 103 Å². The van der Waals surface area contributed by atoms with Crippen LogP contribution in [-0.2, 0) is 14.1 Å². The molecule has 0 amide bonds. The zero-order valence-electron chi connectivity index (χ0n) is 9.88. The molecule has 0 fully saturated rings. The fourth-order valence-corrected chi connectivity index (χ4v) is 5.38. The van der Waals surface area contributed by atoms with E-state index in [1.807, 2.05) is 0 Å². The summed E-state index contributed by atoms with van der Waals surface area (Å²) in [7, 11) is 0.436. The van der Waals surface area contributed by atoms with Crippen molar-refractivity contribution >= 4 is 34.4 Å². The molecule has 0 heterocycles. The van der Waals surface area contributed by atoms with Crippen molar-refractivity contribution in [2.75, 3.05) is 18.9 Å². The summed E-state index contributed by atoms with van der Waals surface area (Å²) >= 11 is 1.11. The highest BCUT2D eigenvalue weighted by Gasteiger charge is 2.31.